The van der Waals surface area contributed by atoms with Gasteiger partial charge in [0, 0.05) is 3.57 Å². The van der Waals surface area contributed by atoms with E-state index in [-0.39, 0.29) is 0 Å². The van der Waals surface area contributed by atoms with Crippen LogP contribution in [0.25, 0.3) is 0 Å². The van der Waals surface area contributed by atoms with Crippen LogP contribution in [0.2, 0.25) is 0 Å². The molecule has 0 aromatic heterocycles. The predicted molar refractivity (Wildman–Crippen MR) is 58.8 cm³/mol. The molecule has 1 aromatic carbocycles. The van der Waals surface area contributed by atoms with Crippen molar-refractivity contribution >= 4 is 39.4 Å². The van der Waals surface area contributed by atoms with Crippen LogP contribution in [0, 0.1) is 21.8 Å². The van der Waals surface area contributed by atoms with Gasteiger partial charge in [0.25, 0.3) is 5.24 Å². The summed E-state index contributed by atoms with van der Waals surface area (Å²) in [6, 6.07) is 5.31. The van der Waals surface area contributed by atoms with Crippen LogP contribution in [-0.2, 0) is 0 Å². The summed E-state index contributed by atoms with van der Waals surface area (Å²) in [6.07, 6.45) is 0. The standard InChI is InChI=1S/C9H5ClINO/c1-5-2-6(4-12)3-7(11)8(5)9(10)13/h2-3H,1H3. The first kappa shape index (κ1) is 10.5. The lowest BCUT2D eigenvalue weighted by Gasteiger charge is -2.03. The van der Waals surface area contributed by atoms with Gasteiger partial charge in [0.15, 0.2) is 0 Å². The van der Waals surface area contributed by atoms with E-state index in [0.717, 1.165) is 5.56 Å². The van der Waals surface area contributed by atoms with E-state index in [1.165, 1.54) is 0 Å². The topological polar surface area (TPSA) is 40.9 Å². The zero-order valence-electron chi connectivity index (χ0n) is 6.77. The highest BCUT2D eigenvalue weighted by Gasteiger charge is 2.11. The average molecular weight is 306 g/mol. The minimum atomic E-state index is -0.480. The van der Waals surface area contributed by atoms with Crippen LogP contribution < -0.4 is 0 Å². The van der Waals surface area contributed by atoms with Crippen LogP contribution in [0.1, 0.15) is 21.5 Å². The molecule has 13 heavy (non-hydrogen) atoms. The first-order valence-electron chi connectivity index (χ1n) is 3.46. The molecule has 0 unspecified atom stereocenters. The Morgan fingerprint density at radius 2 is 2.23 bits per heavy atom. The summed E-state index contributed by atoms with van der Waals surface area (Å²) in [5.41, 5.74) is 1.77. The van der Waals surface area contributed by atoms with E-state index in [1.54, 1.807) is 19.1 Å². The van der Waals surface area contributed by atoms with Gasteiger partial charge in [-0.2, -0.15) is 5.26 Å². The van der Waals surface area contributed by atoms with Crippen molar-refractivity contribution < 1.29 is 4.79 Å². The molecule has 1 aromatic rings. The molecule has 1 rings (SSSR count). The van der Waals surface area contributed by atoms with Gasteiger partial charge < -0.3 is 0 Å². The summed E-state index contributed by atoms with van der Waals surface area (Å²) in [4.78, 5) is 11.0. The lowest BCUT2D eigenvalue weighted by Crippen LogP contribution is -1.98. The third-order valence-electron chi connectivity index (χ3n) is 1.61. The number of hydrogen-bond donors (Lipinski definition) is 0. The number of rotatable bonds is 1. The van der Waals surface area contributed by atoms with E-state index >= 15 is 0 Å². The van der Waals surface area contributed by atoms with E-state index in [4.69, 9.17) is 16.9 Å². The minimum absolute atomic E-state index is 0.480. The summed E-state index contributed by atoms with van der Waals surface area (Å²) in [7, 11) is 0. The quantitative estimate of drug-likeness (QED) is 0.591. The Morgan fingerprint density at radius 1 is 1.62 bits per heavy atom. The van der Waals surface area contributed by atoms with Crippen molar-refractivity contribution in [3.8, 4) is 6.07 Å². The molecule has 0 amide bonds. The maximum absolute atomic E-state index is 11.0. The van der Waals surface area contributed by atoms with E-state index in [1.807, 2.05) is 28.7 Å². The lowest BCUT2D eigenvalue weighted by molar-refractivity contribution is 0.108. The molecule has 0 spiro atoms. The molecule has 0 radical (unpaired) electrons. The summed E-state index contributed by atoms with van der Waals surface area (Å²) in [5, 5.41) is 8.16. The Bertz CT molecular complexity index is 386. The molecule has 0 saturated carbocycles. The highest BCUT2D eigenvalue weighted by molar-refractivity contribution is 14.1. The van der Waals surface area contributed by atoms with Gasteiger partial charge in [0.2, 0.25) is 0 Å². The molecule has 0 bridgehead atoms. The molecule has 0 aliphatic rings. The van der Waals surface area contributed by atoms with Gasteiger partial charge in [-0.05, 0) is 58.8 Å². The molecule has 0 fully saturated rings. The highest BCUT2D eigenvalue weighted by atomic mass is 127. The molecular weight excluding hydrogens is 300 g/mol. The number of aryl methyl sites for hydroxylation is 1. The van der Waals surface area contributed by atoms with Gasteiger partial charge in [-0.1, -0.05) is 0 Å². The van der Waals surface area contributed by atoms with Crippen LogP contribution >= 0.6 is 34.2 Å². The van der Waals surface area contributed by atoms with Crippen molar-refractivity contribution in [2.24, 2.45) is 0 Å². The van der Waals surface area contributed by atoms with E-state index < -0.39 is 5.24 Å². The summed E-state index contributed by atoms with van der Waals surface area (Å²) in [5.74, 6) is 0. The molecule has 0 atom stereocenters. The zero-order valence-corrected chi connectivity index (χ0v) is 9.68. The Morgan fingerprint density at radius 3 is 2.62 bits per heavy atom. The summed E-state index contributed by atoms with van der Waals surface area (Å²) in [6.45, 7) is 1.76. The Hall–Kier alpha value is -0.600. The van der Waals surface area contributed by atoms with Gasteiger partial charge in [0.1, 0.15) is 0 Å². The van der Waals surface area contributed by atoms with Crippen molar-refractivity contribution in [1.29, 1.82) is 5.26 Å². The van der Waals surface area contributed by atoms with Crippen molar-refractivity contribution in [2.75, 3.05) is 0 Å². The number of hydrogen-bond acceptors (Lipinski definition) is 2. The fourth-order valence-electron chi connectivity index (χ4n) is 1.06. The zero-order chi connectivity index (χ0) is 10.0. The normalized spacial score (nSPS) is 9.38. The van der Waals surface area contributed by atoms with E-state index in [2.05, 4.69) is 0 Å². The average Bonchev–Trinajstić information content (AvgIpc) is 2.02. The SMILES string of the molecule is Cc1cc(C#N)cc(I)c1C(=O)Cl. The van der Waals surface area contributed by atoms with Crippen LogP contribution in [0.3, 0.4) is 0 Å². The molecular formula is C9H5ClINO. The van der Waals surface area contributed by atoms with Crippen molar-refractivity contribution in [3.63, 3.8) is 0 Å². The third-order valence-corrected chi connectivity index (χ3v) is 2.65. The Kier molecular flexibility index (Phi) is 3.28. The summed E-state index contributed by atoms with van der Waals surface area (Å²) >= 11 is 7.38. The van der Waals surface area contributed by atoms with Crippen LogP contribution in [0.5, 0.6) is 0 Å². The molecule has 0 aliphatic heterocycles. The maximum Gasteiger partial charge on any atom is 0.253 e. The molecule has 0 aliphatic carbocycles. The third kappa shape index (κ3) is 2.20. The van der Waals surface area contributed by atoms with Gasteiger partial charge in [-0.3, -0.25) is 4.79 Å². The number of carbonyl (C=O) groups is 1. The predicted octanol–water partition coefficient (Wildman–Crippen LogP) is 2.85. The van der Waals surface area contributed by atoms with E-state index in [0.29, 0.717) is 14.7 Å². The molecule has 0 saturated heterocycles. The van der Waals surface area contributed by atoms with Gasteiger partial charge in [0.05, 0.1) is 17.2 Å². The first-order chi connectivity index (χ1) is 6.06. The molecule has 0 N–H and O–H groups in total. The fraction of sp³-hybridized carbons (Fsp3) is 0.111. The maximum atomic E-state index is 11.0. The number of benzene rings is 1. The largest absolute Gasteiger partial charge is 0.276 e. The van der Waals surface area contributed by atoms with Crippen molar-refractivity contribution in [3.05, 3.63) is 32.4 Å². The number of carbonyl (C=O) groups excluding carboxylic acids is 1. The van der Waals surface area contributed by atoms with Crippen LogP contribution in [0.15, 0.2) is 12.1 Å². The highest BCUT2D eigenvalue weighted by Crippen LogP contribution is 2.20. The van der Waals surface area contributed by atoms with Crippen molar-refractivity contribution in [1.82, 2.24) is 0 Å². The van der Waals surface area contributed by atoms with Gasteiger partial charge in [-0.15, -0.1) is 0 Å². The van der Waals surface area contributed by atoms with Crippen molar-refractivity contribution in [2.45, 2.75) is 6.92 Å². The summed E-state index contributed by atoms with van der Waals surface area (Å²) < 4.78 is 0.717. The second kappa shape index (κ2) is 4.07. The number of nitrogens with zero attached hydrogens (tertiary/aromatic N) is 1. The molecule has 4 heteroatoms. The smallest absolute Gasteiger partial charge is 0.253 e. The first-order valence-corrected chi connectivity index (χ1v) is 4.92. The lowest BCUT2D eigenvalue weighted by atomic mass is 10.1. The van der Waals surface area contributed by atoms with Crippen LogP contribution in [0.4, 0.5) is 0 Å². The molecule has 0 heterocycles. The second-order valence-corrected chi connectivity index (χ2v) is 4.04. The van der Waals surface area contributed by atoms with Crippen LogP contribution in [-0.4, -0.2) is 5.24 Å². The molecule has 2 nitrogen and oxygen atoms in total. The number of nitriles is 1. The fourth-order valence-corrected chi connectivity index (χ4v) is 2.47. The minimum Gasteiger partial charge on any atom is -0.276 e. The van der Waals surface area contributed by atoms with E-state index in [9.17, 15) is 4.79 Å². The second-order valence-electron chi connectivity index (χ2n) is 2.54. The Labute approximate surface area is 94.6 Å². The molecule has 66 valence electrons. The Balaban J connectivity index is 3.42. The monoisotopic (exact) mass is 305 g/mol. The van der Waals surface area contributed by atoms with Gasteiger partial charge >= 0.3 is 0 Å². The number of halogens is 2. The van der Waals surface area contributed by atoms with Gasteiger partial charge in [-0.25, -0.2) is 0 Å².